The molecule has 0 aromatic rings. The van der Waals surface area contributed by atoms with Crippen LogP contribution in [0.4, 0.5) is 0 Å². The maximum atomic E-state index is 8.52. The van der Waals surface area contributed by atoms with Crippen LogP contribution in [0, 0.1) is 0 Å². The fourth-order valence-electron chi connectivity index (χ4n) is 0. The molecule has 0 heterocycles. The molecule has 0 aromatic carbocycles. The molecule has 0 amide bonds. The van der Waals surface area contributed by atoms with Gasteiger partial charge in [-0.25, -0.2) is 0 Å². The Labute approximate surface area is 70.7 Å². The maximum Gasteiger partial charge on any atom is 4.00 e. The molecule has 0 aromatic heterocycles. The van der Waals surface area contributed by atoms with E-state index < -0.39 is 8.25 Å². The van der Waals surface area contributed by atoms with Crippen LogP contribution in [0.25, 0.3) is 0 Å². The summed E-state index contributed by atoms with van der Waals surface area (Å²) >= 11 is 0. The van der Waals surface area contributed by atoms with Crippen molar-refractivity contribution in [2.24, 2.45) is 0 Å². The summed E-state index contributed by atoms with van der Waals surface area (Å²) in [5.41, 5.74) is 0. The Balaban J connectivity index is -0.0000000450. The molecule has 0 rings (SSSR count). The summed E-state index contributed by atoms with van der Waals surface area (Å²) in [6.45, 7) is 0. The minimum absolute atomic E-state index is 0. The minimum Gasteiger partial charge on any atom is -0.813 e. The summed E-state index contributed by atoms with van der Waals surface area (Å²) in [7, 11) is -3.63. The molecular formula is HAgO3PZr+3. The van der Waals surface area contributed by atoms with E-state index >= 15 is 0 Å². The van der Waals surface area contributed by atoms with E-state index in [1.807, 2.05) is 0 Å². The van der Waals surface area contributed by atoms with Crippen LogP contribution >= 0.6 is 8.25 Å². The van der Waals surface area contributed by atoms with Crippen molar-refractivity contribution in [3.05, 3.63) is 0 Å². The maximum absolute atomic E-state index is 8.52. The Morgan fingerprint density at radius 3 is 1.33 bits per heavy atom. The van der Waals surface area contributed by atoms with Gasteiger partial charge in [-0.1, -0.05) is 8.25 Å². The second-order valence-electron chi connectivity index (χ2n) is 0.250. The van der Waals surface area contributed by atoms with Crippen LogP contribution in [0.1, 0.15) is 0 Å². The van der Waals surface area contributed by atoms with Crippen molar-refractivity contribution in [2.75, 3.05) is 0 Å². The van der Waals surface area contributed by atoms with Crippen LogP contribution in [0.2, 0.25) is 0 Å². The van der Waals surface area contributed by atoms with Crippen molar-refractivity contribution in [3.63, 3.8) is 0 Å². The van der Waals surface area contributed by atoms with Crippen LogP contribution in [-0.4, -0.2) is 0 Å². The van der Waals surface area contributed by atoms with Gasteiger partial charge in [0.1, 0.15) is 0 Å². The Morgan fingerprint density at radius 1 is 1.33 bits per heavy atom. The Bertz CT molecular complexity index is 33.8. The first-order valence-electron chi connectivity index (χ1n) is 0.612. The van der Waals surface area contributed by atoms with Gasteiger partial charge in [0, 0.05) is 0 Å². The van der Waals surface area contributed by atoms with Crippen molar-refractivity contribution >= 4 is 8.25 Å². The fraction of sp³-hybridized carbons (Fsp3) is 0. The summed E-state index contributed by atoms with van der Waals surface area (Å²) in [4.78, 5) is 17.0. The second kappa shape index (κ2) is 9.91. The molecule has 0 aliphatic rings. The number of rotatable bonds is 0. The molecule has 0 fully saturated rings. The SMILES string of the molecule is O=[PH]([O-])[O-].[Ag+].[Zr+4]. The third-order valence-corrected chi connectivity index (χ3v) is 0. The van der Waals surface area contributed by atoms with Crippen molar-refractivity contribution in [1.29, 1.82) is 0 Å². The summed E-state index contributed by atoms with van der Waals surface area (Å²) in [5.74, 6) is 0. The molecule has 0 aliphatic carbocycles. The molecule has 36 valence electrons. The van der Waals surface area contributed by atoms with Gasteiger partial charge in [-0.2, -0.15) is 0 Å². The first kappa shape index (κ1) is 15.7. The fourth-order valence-corrected chi connectivity index (χ4v) is 0. The quantitative estimate of drug-likeness (QED) is 0.384. The minimum atomic E-state index is -3.63. The van der Waals surface area contributed by atoms with Crippen molar-refractivity contribution < 1.29 is 62.9 Å². The summed E-state index contributed by atoms with van der Waals surface area (Å²) in [6, 6.07) is 0. The van der Waals surface area contributed by atoms with Crippen LogP contribution in [0.15, 0.2) is 0 Å². The summed E-state index contributed by atoms with van der Waals surface area (Å²) < 4.78 is 8.52. The normalized spacial score (nSPS) is 5.83. The second-order valence-corrected chi connectivity index (χ2v) is 0.750. The molecule has 0 saturated heterocycles. The topological polar surface area (TPSA) is 63.2 Å². The van der Waals surface area contributed by atoms with E-state index in [1.54, 1.807) is 0 Å². The van der Waals surface area contributed by atoms with Crippen molar-refractivity contribution in [2.45, 2.75) is 0 Å². The molecule has 0 N–H and O–H groups in total. The van der Waals surface area contributed by atoms with Gasteiger partial charge in [0.05, 0.1) is 0 Å². The monoisotopic (exact) mass is 277 g/mol. The van der Waals surface area contributed by atoms with Gasteiger partial charge in [-0.05, 0) is 0 Å². The zero-order valence-electron chi connectivity index (χ0n) is 2.53. The van der Waals surface area contributed by atoms with E-state index in [1.165, 1.54) is 0 Å². The van der Waals surface area contributed by atoms with Gasteiger partial charge in [0.15, 0.2) is 0 Å². The average molecular weight is 279 g/mol. The first-order chi connectivity index (χ1) is 1.73. The molecule has 3 nitrogen and oxygen atoms in total. The van der Waals surface area contributed by atoms with E-state index in [9.17, 15) is 0 Å². The summed E-state index contributed by atoms with van der Waals surface area (Å²) in [6.07, 6.45) is 0. The van der Waals surface area contributed by atoms with Gasteiger partial charge >= 0.3 is 48.6 Å². The van der Waals surface area contributed by atoms with Gasteiger partial charge in [0.25, 0.3) is 0 Å². The van der Waals surface area contributed by atoms with Gasteiger partial charge in [-0.15, -0.1) is 0 Å². The van der Waals surface area contributed by atoms with E-state index in [2.05, 4.69) is 0 Å². The smallest absolute Gasteiger partial charge is 0.813 e. The first-order valence-corrected chi connectivity index (χ1v) is 1.84. The van der Waals surface area contributed by atoms with Crippen molar-refractivity contribution in [3.8, 4) is 0 Å². The van der Waals surface area contributed by atoms with Gasteiger partial charge in [-0.3, -0.25) is 0 Å². The molecule has 0 unspecified atom stereocenters. The largest absolute Gasteiger partial charge is 4.00 e. The molecule has 0 saturated carbocycles. The molecule has 6 heteroatoms. The van der Waals surface area contributed by atoms with Crippen LogP contribution in [0.3, 0.4) is 0 Å². The Kier molecular flexibility index (Phi) is 25.8. The molecule has 0 spiro atoms. The predicted molar refractivity (Wildman–Crippen MR) is 9.00 cm³/mol. The average Bonchev–Trinajstić information content (AvgIpc) is 0.811. The van der Waals surface area contributed by atoms with Gasteiger partial charge in [0.2, 0.25) is 0 Å². The Morgan fingerprint density at radius 2 is 1.33 bits per heavy atom. The summed E-state index contributed by atoms with van der Waals surface area (Å²) in [5, 5.41) is 0. The molecule has 0 atom stereocenters. The van der Waals surface area contributed by atoms with E-state index in [0.717, 1.165) is 0 Å². The van der Waals surface area contributed by atoms with Crippen LogP contribution in [0.5, 0.6) is 0 Å². The third kappa shape index (κ3) is 41.8. The number of hydrogen-bond donors (Lipinski definition) is 0. The third-order valence-electron chi connectivity index (χ3n) is 0. The zero-order chi connectivity index (χ0) is 3.58. The Hall–Kier alpha value is 1.77. The standard InChI is InChI=1S/Ag.H3O3P.Zr/c;1-4(2)3;/h;4H,(H2,1,2,3);/q+1;;+4/p-2. The van der Waals surface area contributed by atoms with E-state index in [0.29, 0.717) is 0 Å². The van der Waals surface area contributed by atoms with Crippen molar-refractivity contribution in [1.82, 2.24) is 0 Å². The molecule has 0 aliphatic heterocycles. The van der Waals surface area contributed by atoms with Crippen LogP contribution < -0.4 is 9.79 Å². The molecule has 0 bridgehead atoms. The zero-order valence-corrected chi connectivity index (χ0v) is 7.47. The number of hydrogen-bond acceptors (Lipinski definition) is 3. The molecular weight excluding hydrogens is 278 g/mol. The molecule has 6 heavy (non-hydrogen) atoms. The van der Waals surface area contributed by atoms with E-state index in [4.69, 9.17) is 14.4 Å². The van der Waals surface area contributed by atoms with Crippen LogP contribution in [-0.2, 0) is 53.1 Å². The molecule has 0 radical (unpaired) electrons. The van der Waals surface area contributed by atoms with Gasteiger partial charge < -0.3 is 14.4 Å². The predicted octanol–water partition coefficient (Wildman–Crippen LogP) is -1.91. The van der Waals surface area contributed by atoms with E-state index in [-0.39, 0.29) is 48.6 Å².